The van der Waals surface area contributed by atoms with E-state index in [0.29, 0.717) is 0 Å². The van der Waals surface area contributed by atoms with E-state index < -0.39 is 12.1 Å². The Morgan fingerprint density at radius 3 is 2.63 bits per heavy atom. The number of hydrogen-bond donors (Lipinski definition) is 1. The number of benzene rings is 1. The van der Waals surface area contributed by atoms with Crippen LogP contribution in [0.15, 0.2) is 30.3 Å². The highest BCUT2D eigenvalue weighted by Gasteiger charge is 2.10. The summed E-state index contributed by atoms with van der Waals surface area (Å²) in [5, 5.41) is 2.30. The minimum Gasteiger partial charge on any atom is -0.460 e. The molecule has 104 valence electrons. The second-order valence-electron chi connectivity index (χ2n) is 3.87. The lowest BCUT2D eigenvalue weighted by atomic mass is 10.2. The highest BCUT2D eigenvalue weighted by Crippen LogP contribution is 2.00. The highest BCUT2D eigenvalue weighted by molar-refractivity contribution is 6.18. The maximum atomic E-state index is 11.3. The Hall–Kier alpha value is -1.75. The third-order valence-corrected chi connectivity index (χ3v) is 2.57. The molecule has 0 fully saturated rings. The molecule has 0 aromatic heterocycles. The number of amides is 1. The van der Waals surface area contributed by atoms with Crippen molar-refractivity contribution in [1.29, 1.82) is 0 Å². The van der Waals surface area contributed by atoms with Gasteiger partial charge in [0.15, 0.2) is 0 Å². The number of rotatable bonds is 6. The van der Waals surface area contributed by atoms with Gasteiger partial charge < -0.3 is 14.8 Å². The van der Waals surface area contributed by atoms with Crippen molar-refractivity contribution in [2.24, 2.45) is 0 Å². The SMILES string of the molecule is CC(CCl)OC(=O)CNC(=O)OCc1ccccc1. The average molecular weight is 286 g/mol. The zero-order chi connectivity index (χ0) is 14.1. The van der Waals surface area contributed by atoms with Gasteiger partial charge in [-0.2, -0.15) is 0 Å². The summed E-state index contributed by atoms with van der Waals surface area (Å²) in [6.07, 6.45) is -1.05. The lowest BCUT2D eigenvalue weighted by Gasteiger charge is -2.10. The summed E-state index contributed by atoms with van der Waals surface area (Å²) in [4.78, 5) is 22.5. The first kappa shape index (κ1) is 15.3. The number of esters is 1. The summed E-state index contributed by atoms with van der Waals surface area (Å²) in [7, 11) is 0. The predicted octanol–water partition coefficient (Wildman–Crippen LogP) is 2.08. The minimum atomic E-state index is -0.667. The Balaban J connectivity index is 2.19. The summed E-state index contributed by atoms with van der Waals surface area (Å²) in [5.41, 5.74) is 0.871. The summed E-state index contributed by atoms with van der Waals surface area (Å²) >= 11 is 5.49. The fourth-order valence-corrected chi connectivity index (χ4v) is 1.28. The van der Waals surface area contributed by atoms with Crippen molar-refractivity contribution in [1.82, 2.24) is 5.32 Å². The molecule has 0 bridgehead atoms. The van der Waals surface area contributed by atoms with E-state index in [0.717, 1.165) is 5.56 Å². The molecule has 6 heteroatoms. The van der Waals surface area contributed by atoms with Gasteiger partial charge in [0.05, 0.1) is 5.88 Å². The number of carbonyl (C=O) groups excluding carboxylic acids is 2. The van der Waals surface area contributed by atoms with Crippen LogP contribution in [0.25, 0.3) is 0 Å². The van der Waals surface area contributed by atoms with Gasteiger partial charge in [0.1, 0.15) is 19.3 Å². The van der Waals surface area contributed by atoms with Gasteiger partial charge in [-0.15, -0.1) is 11.6 Å². The molecule has 1 amide bonds. The van der Waals surface area contributed by atoms with Crippen LogP contribution in [0, 0.1) is 0 Å². The molecule has 1 N–H and O–H groups in total. The van der Waals surface area contributed by atoms with Gasteiger partial charge in [-0.05, 0) is 12.5 Å². The van der Waals surface area contributed by atoms with Gasteiger partial charge in [-0.25, -0.2) is 4.79 Å². The molecule has 1 rings (SSSR count). The Morgan fingerprint density at radius 1 is 1.32 bits per heavy atom. The van der Waals surface area contributed by atoms with Gasteiger partial charge in [-0.1, -0.05) is 30.3 Å². The molecule has 0 saturated heterocycles. The number of ether oxygens (including phenoxy) is 2. The Labute approximate surface area is 116 Å². The monoisotopic (exact) mass is 285 g/mol. The van der Waals surface area contributed by atoms with E-state index >= 15 is 0 Å². The van der Waals surface area contributed by atoms with Crippen molar-refractivity contribution < 1.29 is 19.1 Å². The molecule has 0 aliphatic rings. The number of halogens is 1. The number of hydrogen-bond acceptors (Lipinski definition) is 4. The summed E-state index contributed by atoms with van der Waals surface area (Å²) < 4.78 is 9.80. The summed E-state index contributed by atoms with van der Waals surface area (Å²) in [6, 6.07) is 9.24. The van der Waals surface area contributed by atoms with Crippen molar-refractivity contribution in [3.63, 3.8) is 0 Å². The molecular formula is C13H16ClNO4. The standard InChI is InChI=1S/C13H16ClNO4/c1-10(7-14)19-12(16)8-15-13(17)18-9-11-5-3-2-4-6-11/h2-6,10H,7-9H2,1H3,(H,15,17). The second kappa shape index (κ2) is 8.37. The summed E-state index contributed by atoms with van der Waals surface area (Å²) in [5.74, 6) is -0.339. The highest BCUT2D eigenvalue weighted by atomic mass is 35.5. The fourth-order valence-electron chi connectivity index (χ4n) is 1.22. The number of alkyl carbamates (subject to hydrolysis) is 1. The largest absolute Gasteiger partial charge is 0.460 e. The summed E-state index contributed by atoms with van der Waals surface area (Å²) in [6.45, 7) is 1.58. The first-order chi connectivity index (χ1) is 9.11. The molecule has 1 unspecified atom stereocenters. The average Bonchev–Trinajstić information content (AvgIpc) is 2.43. The van der Waals surface area contributed by atoms with E-state index in [-0.39, 0.29) is 25.1 Å². The molecule has 0 saturated carbocycles. The lowest BCUT2D eigenvalue weighted by molar-refractivity contribution is -0.146. The number of nitrogens with one attached hydrogen (secondary N) is 1. The van der Waals surface area contributed by atoms with Crippen molar-refractivity contribution in [2.75, 3.05) is 12.4 Å². The smallest absolute Gasteiger partial charge is 0.407 e. The maximum Gasteiger partial charge on any atom is 0.407 e. The van der Waals surface area contributed by atoms with Crippen molar-refractivity contribution in [3.8, 4) is 0 Å². The third-order valence-electron chi connectivity index (χ3n) is 2.14. The molecule has 0 aliphatic carbocycles. The molecule has 0 spiro atoms. The van der Waals surface area contributed by atoms with E-state index in [2.05, 4.69) is 5.32 Å². The van der Waals surface area contributed by atoms with Crippen molar-refractivity contribution in [3.05, 3.63) is 35.9 Å². The second-order valence-corrected chi connectivity index (χ2v) is 4.18. The predicted molar refractivity (Wildman–Crippen MR) is 70.9 cm³/mol. The number of alkyl halides is 1. The van der Waals surface area contributed by atoms with Crippen LogP contribution in [0.3, 0.4) is 0 Å². The van der Waals surface area contributed by atoms with Crippen LogP contribution >= 0.6 is 11.6 Å². The van der Waals surface area contributed by atoms with E-state index in [1.807, 2.05) is 30.3 Å². The zero-order valence-corrected chi connectivity index (χ0v) is 11.4. The zero-order valence-electron chi connectivity index (χ0n) is 10.6. The van der Waals surface area contributed by atoms with Gasteiger partial charge in [0.2, 0.25) is 0 Å². The van der Waals surface area contributed by atoms with Crippen LogP contribution < -0.4 is 5.32 Å². The van der Waals surface area contributed by atoms with E-state index in [9.17, 15) is 9.59 Å². The third kappa shape index (κ3) is 6.67. The van der Waals surface area contributed by atoms with Crippen LogP contribution in [0.5, 0.6) is 0 Å². The van der Waals surface area contributed by atoms with Crippen LogP contribution in [0.1, 0.15) is 12.5 Å². The fraction of sp³-hybridized carbons (Fsp3) is 0.385. The Kier molecular flexibility index (Phi) is 6.74. The van der Waals surface area contributed by atoms with Gasteiger partial charge >= 0.3 is 12.1 Å². The first-order valence-electron chi connectivity index (χ1n) is 5.82. The topological polar surface area (TPSA) is 64.6 Å². The van der Waals surface area contributed by atoms with Crippen molar-refractivity contribution in [2.45, 2.75) is 19.6 Å². The molecule has 19 heavy (non-hydrogen) atoms. The quantitative estimate of drug-likeness (QED) is 0.642. The van der Waals surface area contributed by atoms with Crippen LogP contribution in [0.4, 0.5) is 4.79 Å². The molecule has 1 aromatic carbocycles. The molecule has 0 radical (unpaired) electrons. The van der Waals surface area contributed by atoms with Gasteiger partial charge in [0.25, 0.3) is 0 Å². The van der Waals surface area contributed by atoms with E-state index in [1.54, 1.807) is 6.92 Å². The maximum absolute atomic E-state index is 11.3. The van der Waals surface area contributed by atoms with Gasteiger partial charge in [0, 0.05) is 0 Å². The van der Waals surface area contributed by atoms with Gasteiger partial charge in [-0.3, -0.25) is 4.79 Å². The van der Waals surface area contributed by atoms with Crippen molar-refractivity contribution >= 4 is 23.7 Å². The lowest BCUT2D eigenvalue weighted by Crippen LogP contribution is -2.32. The number of carbonyl (C=O) groups is 2. The van der Waals surface area contributed by atoms with E-state index in [1.165, 1.54) is 0 Å². The molecule has 0 aliphatic heterocycles. The van der Waals surface area contributed by atoms with E-state index in [4.69, 9.17) is 21.1 Å². The molecule has 1 atom stereocenters. The molecule has 5 nitrogen and oxygen atoms in total. The van der Waals surface area contributed by atoms with Crippen LogP contribution in [-0.4, -0.2) is 30.6 Å². The normalized spacial score (nSPS) is 11.5. The van der Waals surface area contributed by atoms with Crippen LogP contribution in [0.2, 0.25) is 0 Å². The molecular weight excluding hydrogens is 270 g/mol. The molecule has 1 aromatic rings. The Bertz CT molecular complexity index is 410. The minimum absolute atomic E-state index is 0.153. The molecule has 0 heterocycles. The Morgan fingerprint density at radius 2 is 2.00 bits per heavy atom. The first-order valence-corrected chi connectivity index (χ1v) is 6.35. The van der Waals surface area contributed by atoms with Crippen LogP contribution in [-0.2, 0) is 20.9 Å².